The van der Waals surface area contributed by atoms with Gasteiger partial charge in [0.1, 0.15) is 5.82 Å². The molecule has 0 aliphatic carbocycles. The summed E-state index contributed by atoms with van der Waals surface area (Å²) in [5.41, 5.74) is 3.40. The van der Waals surface area contributed by atoms with Crippen LogP contribution in [0.5, 0.6) is 5.88 Å². The third kappa shape index (κ3) is 2.83. The molecular formula is C18H19N5O3. The fourth-order valence-corrected chi connectivity index (χ4v) is 3.12. The number of methoxy groups -OCH3 is 1. The molecule has 0 atom stereocenters. The number of rotatable bonds is 3. The Morgan fingerprint density at radius 2 is 2.15 bits per heavy atom. The normalized spacial score (nSPS) is 13.6. The largest absolute Gasteiger partial charge is 0.481 e. The molecule has 0 unspecified atom stereocenters. The monoisotopic (exact) mass is 353 g/mol. The number of imidazole rings is 1. The van der Waals surface area contributed by atoms with Crippen molar-refractivity contribution in [3.8, 4) is 17.3 Å². The number of carbonyl (C=O) groups is 1. The quantitative estimate of drug-likeness (QED) is 0.776. The molecule has 1 aliphatic rings. The van der Waals surface area contributed by atoms with Crippen LogP contribution in [0.1, 0.15) is 33.5 Å². The van der Waals surface area contributed by atoms with Crippen molar-refractivity contribution in [2.75, 3.05) is 13.7 Å². The minimum absolute atomic E-state index is 0.143. The van der Waals surface area contributed by atoms with E-state index in [1.54, 1.807) is 38.1 Å². The first-order valence-corrected chi connectivity index (χ1v) is 8.36. The van der Waals surface area contributed by atoms with E-state index in [4.69, 9.17) is 9.15 Å². The van der Waals surface area contributed by atoms with Gasteiger partial charge in [0.2, 0.25) is 11.6 Å². The smallest absolute Gasteiger partial charge is 0.291 e. The van der Waals surface area contributed by atoms with Gasteiger partial charge in [-0.3, -0.25) is 4.79 Å². The molecule has 1 aliphatic heterocycles. The Kier molecular flexibility index (Phi) is 3.95. The third-order valence-electron chi connectivity index (χ3n) is 4.44. The summed E-state index contributed by atoms with van der Waals surface area (Å²) in [6, 6.07) is 3.70. The van der Waals surface area contributed by atoms with Gasteiger partial charge in [-0.15, -0.1) is 0 Å². The molecule has 3 aromatic rings. The molecule has 0 saturated heterocycles. The molecule has 134 valence electrons. The number of nitrogens with one attached hydrogen (secondary N) is 1. The molecule has 4 heterocycles. The van der Waals surface area contributed by atoms with Crippen LogP contribution in [0.3, 0.4) is 0 Å². The lowest BCUT2D eigenvalue weighted by Crippen LogP contribution is -2.36. The van der Waals surface area contributed by atoms with Gasteiger partial charge in [-0.05, 0) is 13.0 Å². The topological polar surface area (TPSA) is 97.1 Å². The highest BCUT2D eigenvalue weighted by Crippen LogP contribution is 2.24. The molecule has 0 fully saturated rings. The lowest BCUT2D eigenvalue weighted by molar-refractivity contribution is 0.0697. The molecule has 1 amide bonds. The van der Waals surface area contributed by atoms with Crippen molar-refractivity contribution in [3.63, 3.8) is 0 Å². The van der Waals surface area contributed by atoms with Crippen LogP contribution in [0, 0.1) is 13.8 Å². The highest BCUT2D eigenvalue weighted by molar-refractivity contribution is 5.92. The fraction of sp³-hybridized carbons (Fsp3) is 0.333. The van der Waals surface area contributed by atoms with Crippen LogP contribution < -0.4 is 4.74 Å². The molecule has 0 aromatic carbocycles. The summed E-state index contributed by atoms with van der Waals surface area (Å²) in [6.45, 7) is 4.58. The second kappa shape index (κ2) is 6.29. The Morgan fingerprint density at radius 3 is 2.81 bits per heavy atom. The van der Waals surface area contributed by atoms with Crippen LogP contribution in [0.4, 0.5) is 0 Å². The SMILES string of the molecule is COc1ccc(-c2nc3c([nH]2)CN(C(=O)c2oc(C)nc2C)CC3)cn1. The molecule has 0 saturated carbocycles. The lowest BCUT2D eigenvalue weighted by Gasteiger charge is -2.25. The van der Waals surface area contributed by atoms with Crippen LogP contribution in [-0.2, 0) is 13.0 Å². The molecule has 8 nitrogen and oxygen atoms in total. The Bertz CT molecular complexity index is 958. The van der Waals surface area contributed by atoms with E-state index in [1.165, 1.54) is 0 Å². The minimum Gasteiger partial charge on any atom is -0.481 e. The van der Waals surface area contributed by atoms with Crippen LogP contribution in [0.15, 0.2) is 22.7 Å². The van der Waals surface area contributed by atoms with E-state index in [0.29, 0.717) is 42.7 Å². The van der Waals surface area contributed by atoms with Gasteiger partial charge in [0.05, 0.1) is 30.7 Å². The van der Waals surface area contributed by atoms with Crippen LogP contribution >= 0.6 is 0 Å². The second-order valence-electron chi connectivity index (χ2n) is 6.22. The lowest BCUT2D eigenvalue weighted by atomic mass is 10.1. The second-order valence-corrected chi connectivity index (χ2v) is 6.22. The molecule has 4 rings (SSSR count). The Morgan fingerprint density at radius 1 is 1.31 bits per heavy atom. The van der Waals surface area contributed by atoms with E-state index in [-0.39, 0.29) is 5.91 Å². The van der Waals surface area contributed by atoms with Crippen molar-refractivity contribution < 1.29 is 13.9 Å². The Labute approximate surface area is 150 Å². The maximum atomic E-state index is 12.7. The number of ether oxygens (including phenoxy) is 1. The van der Waals surface area contributed by atoms with Gasteiger partial charge in [-0.25, -0.2) is 15.0 Å². The number of fused-ring (bicyclic) bond motifs is 1. The number of oxazole rings is 1. The van der Waals surface area contributed by atoms with Crippen molar-refractivity contribution >= 4 is 5.91 Å². The molecule has 8 heteroatoms. The van der Waals surface area contributed by atoms with Crippen molar-refractivity contribution in [1.82, 2.24) is 24.8 Å². The average molecular weight is 353 g/mol. The molecule has 26 heavy (non-hydrogen) atoms. The van der Waals surface area contributed by atoms with Crippen LogP contribution in [0.25, 0.3) is 11.4 Å². The van der Waals surface area contributed by atoms with Gasteiger partial charge in [-0.1, -0.05) is 0 Å². The van der Waals surface area contributed by atoms with E-state index < -0.39 is 0 Å². The highest BCUT2D eigenvalue weighted by Gasteiger charge is 2.28. The number of pyridine rings is 1. The van der Waals surface area contributed by atoms with Gasteiger partial charge in [-0.2, -0.15) is 0 Å². The van der Waals surface area contributed by atoms with E-state index in [0.717, 1.165) is 22.8 Å². The van der Waals surface area contributed by atoms with Crippen molar-refractivity contribution in [1.29, 1.82) is 0 Å². The van der Waals surface area contributed by atoms with E-state index in [9.17, 15) is 4.79 Å². The molecule has 0 spiro atoms. The van der Waals surface area contributed by atoms with Gasteiger partial charge in [0.25, 0.3) is 5.91 Å². The molecule has 0 radical (unpaired) electrons. The summed E-state index contributed by atoms with van der Waals surface area (Å²) in [5, 5.41) is 0. The number of aromatic nitrogens is 4. The fourth-order valence-electron chi connectivity index (χ4n) is 3.12. The summed E-state index contributed by atoms with van der Waals surface area (Å²) < 4.78 is 10.5. The number of H-pyrrole nitrogens is 1. The molecule has 3 aromatic heterocycles. The van der Waals surface area contributed by atoms with Gasteiger partial charge < -0.3 is 19.0 Å². The predicted octanol–water partition coefficient (Wildman–Crippen LogP) is 2.28. The highest BCUT2D eigenvalue weighted by atomic mass is 16.5. The van der Waals surface area contributed by atoms with Crippen molar-refractivity contribution in [3.05, 3.63) is 47.1 Å². The predicted molar refractivity (Wildman–Crippen MR) is 92.8 cm³/mol. The van der Waals surface area contributed by atoms with Gasteiger partial charge in [0.15, 0.2) is 5.89 Å². The number of amides is 1. The summed E-state index contributed by atoms with van der Waals surface area (Å²) in [5.74, 6) is 1.96. The van der Waals surface area contributed by atoms with Gasteiger partial charge >= 0.3 is 0 Å². The van der Waals surface area contributed by atoms with Gasteiger partial charge in [0, 0.05) is 37.7 Å². The zero-order chi connectivity index (χ0) is 18.3. The number of hydrogen-bond acceptors (Lipinski definition) is 6. The summed E-state index contributed by atoms with van der Waals surface area (Å²) in [6.07, 6.45) is 2.40. The van der Waals surface area contributed by atoms with E-state index in [2.05, 4.69) is 19.9 Å². The van der Waals surface area contributed by atoms with Crippen LogP contribution in [0.2, 0.25) is 0 Å². The van der Waals surface area contributed by atoms with Crippen molar-refractivity contribution in [2.24, 2.45) is 0 Å². The summed E-state index contributed by atoms with van der Waals surface area (Å²) in [4.78, 5) is 30.8. The number of aromatic amines is 1. The first kappa shape index (κ1) is 16.3. The minimum atomic E-state index is -0.143. The standard InChI is InChI=1S/C18H19N5O3/c1-10-16(26-11(2)20-10)18(24)23-7-6-13-14(9-23)22-17(21-13)12-4-5-15(25-3)19-8-12/h4-5,8H,6-7,9H2,1-3H3,(H,21,22). The molecule has 1 N–H and O–H groups in total. The number of carbonyl (C=O) groups excluding carboxylic acids is 1. The number of nitrogens with zero attached hydrogens (tertiary/aromatic N) is 4. The Balaban J connectivity index is 1.56. The molecule has 0 bridgehead atoms. The van der Waals surface area contributed by atoms with Crippen molar-refractivity contribution in [2.45, 2.75) is 26.8 Å². The summed E-state index contributed by atoms with van der Waals surface area (Å²) in [7, 11) is 1.58. The maximum Gasteiger partial charge on any atom is 0.291 e. The summed E-state index contributed by atoms with van der Waals surface area (Å²) >= 11 is 0. The third-order valence-corrected chi connectivity index (χ3v) is 4.44. The zero-order valence-electron chi connectivity index (χ0n) is 14.9. The number of aryl methyl sites for hydroxylation is 2. The van der Waals surface area contributed by atoms with Crippen LogP contribution in [-0.4, -0.2) is 44.4 Å². The zero-order valence-corrected chi connectivity index (χ0v) is 14.9. The number of hydrogen-bond donors (Lipinski definition) is 1. The van der Waals surface area contributed by atoms with E-state index in [1.807, 2.05) is 6.07 Å². The maximum absolute atomic E-state index is 12.7. The molecular weight excluding hydrogens is 334 g/mol. The first-order chi connectivity index (χ1) is 12.5. The first-order valence-electron chi connectivity index (χ1n) is 8.36. The van der Waals surface area contributed by atoms with E-state index >= 15 is 0 Å². The average Bonchev–Trinajstić information content (AvgIpc) is 3.23. The Hall–Kier alpha value is -3.16.